The van der Waals surface area contributed by atoms with Gasteiger partial charge in [0.25, 0.3) is 5.91 Å². The number of carbonyl (C=O) groups excluding carboxylic acids is 1. The number of hydrogen-bond donors (Lipinski definition) is 2. The summed E-state index contributed by atoms with van der Waals surface area (Å²) in [5, 5.41) is 24.0. The second-order valence-electron chi connectivity index (χ2n) is 8.17. The number of rotatable bonds is 7. The number of amides is 1. The van der Waals surface area contributed by atoms with Crippen LogP contribution in [-0.4, -0.2) is 69.4 Å². The number of fused-ring (bicyclic) bond motifs is 1. The lowest BCUT2D eigenvalue weighted by Crippen LogP contribution is -2.33. The van der Waals surface area contributed by atoms with Gasteiger partial charge in [0.05, 0.1) is 48.5 Å². The number of ether oxygens (including phenoxy) is 1. The minimum atomic E-state index is -4.54. The number of likely N-dealkylation sites (N-methyl/N-ethyl adjacent to an activating group) is 1. The van der Waals surface area contributed by atoms with Crippen LogP contribution in [0, 0.1) is 0 Å². The van der Waals surface area contributed by atoms with Crippen molar-refractivity contribution in [3.05, 3.63) is 64.2 Å². The smallest absolute Gasteiger partial charge is 0.416 e. The van der Waals surface area contributed by atoms with Crippen molar-refractivity contribution in [2.75, 3.05) is 27.3 Å². The largest absolute Gasteiger partial charge is 0.497 e. The zero-order valence-electron chi connectivity index (χ0n) is 19.4. The first-order valence-corrected chi connectivity index (χ1v) is 11.6. The van der Waals surface area contributed by atoms with Gasteiger partial charge in [-0.25, -0.2) is 0 Å². The summed E-state index contributed by atoms with van der Waals surface area (Å²) in [6.07, 6.45) is -2.26. The molecule has 2 aromatic carbocycles. The van der Waals surface area contributed by atoms with E-state index >= 15 is 0 Å². The number of aliphatic imine (C=N–C) groups is 1. The molecular formula is C24H23F3N4O4S. The van der Waals surface area contributed by atoms with E-state index in [4.69, 9.17) is 9.84 Å². The third kappa shape index (κ3) is 5.55. The highest BCUT2D eigenvalue weighted by Crippen LogP contribution is 2.35. The topological polar surface area (TPSA) is 100 Å². The van der Waals surface area contributed by atoms with Crippen LogP contribution < -0.4 is 4.74 Å². The Bertz CT molecular complexity index is 1350. The van der Waals surface area contributed by atoms with Crippen LogP contribution in [0.5, 0.6) is 5.75 Å². The maximum absolute atomic E-state index is 13.6. The molecule has 2 N–H and O–H groups in total. The van der Waals surface area contributed by atoms with Crippen LogP contribution in [0.15, 0.2) is 52.5 Å². The Labute approximate surface area is 208 Å². The van der Waals surface area contributed by atoms with Crippen molar-refractivity contribution < 1.29 is 32.9 Å². The second kappa shape index (κ2) is 10.3. The molecule has 0 radical (unpaired) electrons. The van der Waals surface area contributed by atoms with E-state index < -0.39 is 30.4 Å². The first kappa shape index (κ1) is 25.7. The van der Waals surface area contributed by atoms with Gasteiger partial charge < -0.3 is 19.8 Å². The number of carbonyl (C=O) groups is 1. The summed E-state index contributed by atoms with van der Waals surface area (Å²) < 4.78 is 47.2. The molecule has 12 heteroatoms. The van der Waals surface area contributed by atoms with Gasteiger partial charge in [-0.1, -0.05) is 12.1 Å². The maximum atomic E-state index is 13.6. The number of hydrogen-bond acceptors (Lipinski definition) is 7. The highest BCUT2D eigenvalue weighted by Gasteiger charge is 2.34. The minimum Gasteiger partial charge on any atom is -0.497 e. The first-order chi connectivity index (χ1) is 17.1. The van der Waals surface area contributed by atoms with Crippen molar-refractivity contribution in [2.45, 2.75) is 18.8 Å². The van der Waals surface area contributed by atoms with E-state index in [1.807, 2.05) is 0 Å². The number of methoxy groups -OCH3 is 1. The van der Waals surface area contributed by atoms with Crippen LogP contribution in [0.3, 0.4) is 0 Å². The quantitative estimate of drug-likeness (QED) is 0.461. The molecule has 36 heavy (non-hydrogen) atoms. The van der Waals surface area contributed by atoms with E-state index in [0.717, 1.165) is 17.8 Å². The highest BCUT2D eigenvalue weighted by atomic mass is 32.2. The van der Waals surface area contributed by atoms with E-state index in [1.54, 1.807) is 42.4 Å². The fourth-order valence-corrected chi connectivity index (χ4v) is 4.62. The van der Waals surface area contributed by atoms with Gasteiger partial charge in [0.1, 0.15) is 5.75 Å². The normalized spacial score (nSPS) is 16.0. The average Bonchev–Trinajstić information content (AvgIpc) is 3.41. The number of benzene rings is 2. The molecule has 1 aliphatic rings. The van der Waals surface area contributed by atoms with Crippen molar-refractivity contribution in [1.29, 1.82) is 0 Å². The molecule has 0 aliphatic carbocycles. The Morgan fingerprint density at radius 2 is 2.03 bits per heavy atom. The Morgan fingerprint density at radius 1 is 1.25 bits per heavy atom. The summed E-state index contributed by atoms with van der Waals surface area (Å²) in [5.74, 6) is -0.299. The zero-order valence-corrected chi connectivity index (χ0v) is 20.2. The van der Waals surface area contributed by atoms with E-state index in [1.165, 1.54) is 23.9 Å². The lowest BCUT2D eigenvalue weighted by atomic mass is 10.1. The molecule has 8 nitrogen and oxygen atoms in total. The predicted molar refractivity (Wildman–Crippen MR) is 131 cm³/mol. The number of nitrogens with zero attached hydrogens (tertiary/aromatic N) is 4. The minimum absolute atomic E-state index is 0.0626. The third-order valence-corrected chi connectivity index (χ3v) is 6.64. The average molecular weight is 521 g/mol. The summed E-state index contributed by atoms with van der Waals surface area (Å²) in [6.45, 7) is -0.360. The molecule has 0 spiro atoms. The monoisotopic (exact) mass is 520 g/mol. The Balaban J connectivity index is 1.55. The molecule has 3 aromatic rings. The van der Waals surface area contributed by atoms with Gasteiger partial charge in [0.2, 0.25) is 0 Å². The zero-order chi connectivity index (χ0) is 26.0. The van der Waals surface area contributed by atoms with E-state index in [9.17, 15) is 23.1 Å². The summed E-state index contributed by atoms with van der Waals surface area (Å²) in [4.78, 5) is 18.3. The molecule has 0 saturated carbocycles. The van der Waals surface area contributed by atoms with Crippen LogP contribution in [0.2, 0.25) is 0 Å². The molecule has 190 valence electrons. The van der Waals surface area contributed by atoms with E-state index in [0.29, 0.717) is 26.5 Å². The number of aromatic nitrogens is 2. The van der Waals surface area contributed by atoms with Gasteiger partial charge >= 0.3 is 6.18 Å². The molecule has 1 aromatic heterocycles. The molecule has 1 atom stereocenters. The fourth-order valence-electron chi connectivity index (χ4n) is 3.73. The van der Waals surface area contributed by atoms with Crippen LogP contribution in [0.25, 0.3) is 17.0 Å². The van der Waals surface area contributed by atoms with Crippen LogP contribution >= 0.6 is 11.8 Å². The van der Waals surface area contributed by atoms with Gasteiger partial charge in [-0.05, 0) is 53.2 Å². The number of aliphatic hydroxyl groups excluding tert-OH is 2. The molecule has 1 amide bonds. The van der Waals surface area contributed by atoms with Gasteiger partial charge in [0.15, 0.2) is 5.17 Å². The molecule has 0 fully saturated rings. The Hall–Kier alpha value is -3.35. The van der Waals surface area contributed by atoms with Crippen molar-refractivity contribution in [1.82, 2.24) is 14.7 Å². The maximum Gasteiger partial charge on any atom is 0.416 e. The second-order valence-corrected chi connectivity index (χ2v) is 9.18. The van der Waals surface area contributed by atoms with Crippen molar-refractivity contribution >= 4 is 39.8 Å². The van der Waals surface area contributed by atoms with Crippen LogP contribution in [0.1, 0.15) is 16.7 Å². The number of alkyl halides is 3. The lowest BCUT2D eigenvalue weighted by molar-refractivity contribution is -0.138. The summed E-state index contributed by atoms with van der Waals surface area (Å²) >= 11 is 1.15. The lowest BCUT2D eigenvalue weighted by Gasteiger charge is -2.19. The summed E-state index contributed by atoms with van der Waals surface area (Å²) in [6, 6.07) is 9.11. The highest BCUT2D eigenvalue weighted by molar-refractivity contribution is 8.18. The Kier molecular flexibility index (Phi) is 7.38. The molecule has 4 rings (SSSR count). The summed E-state index contributed by atoms with van der Waals surface area (Å²) in [7, 11) is 2.97. The SMILES string of the molecule is COc1ccc(Cn2ncc3cc(C=C4SC(N(C)CC(O)CO)=NC4=O)ccc32)c(C(F)(F)F)c1. The fraction of sp³-hybridized carbons (Fsp3) is 0.292. The summed E-state index contributed by atoms with van der Waals surface area (Å²) in [5.41, 5.74) is 0.623. The van der Waals surface area contributed by atoms with Gasteiger partial charge in [-0.2, -0.15) is 23.3 Å². The van der Waals surface area contributed by atoms with E-state index in [2.05, 4.69) is 10.1 Å². The molecule has 1 unspecified atom stereocenters. The van der Waals surface area contributed by atoms with Gasteiger partial charge in [-0.3, -0.25) is 9.48 Å². The molecule has 0 saturated heterocycles. The standard InChI is InChI=1S/C24H23F3N4O4S/c1-30(12-17(33)13-32)23-29-22(34)21(36-23)8-14-3-6-20-16(7-14)10-28-31(20)11-15-4-5-18(35-2)9-19(15)24(25,26)27/h3-10,17,32-33H,11-13H2,1-2H3. The molecule has 2 heterocycles. The van der Waals surface area contributed by atoms with Crippen molar-refractivity contribution in [2.24, 2.45) is 4.99 Å². The molecule has 1 aliphatic heterocycles. The number of aliphatic hydroxyl groups is 2. The van der Waals surface area contributed by atoms with Gasteiger partial charge in [-0.15, -0.1) is 0 Å². The number of amidine groups is 1. The predicted octanol–water partition coefficient (Wildman–Crippen LogP) is 3.37. The first-order valence-electron chi connectivity index (χ1n) is 10.8. The third-order valence-electron chi connectivity index (χ3n) is 5.54. The van der Waals surface area contributed by atoms with Gasteiger partial charge in [0, 0.05) is 19.0 Å². The number of thioether (sulfide) groups is 1. The Morgan fingerprint density at radius 3 is 2.72 bits per heavy atom. The molecular weight excluding hydrogens is 497 g/mol. The van der Waals surface area contributed by atoms with Crippen molar-refractivity contribution in [3.63, 3.8) is 0 Å². The van der Waals surface area contributed by atoms with Crippen LogP contribution in [0.4, 0.5) is 13.2 Å². The van der Waals surface area contributed by atoms with E-state index in [-0.39, 0.29) is 24.4 Å². The number of halogens is 3. The van der Waals surface area contributed by atoms with Crippen LogP contribution in [-0.2, 0) is 17.5 Å². The molecule has 0 bridgehead atoms. The van der Waals surface area contributed by atoms with Crippen molar-refractivity contribution in [3.8, 4) is 5.75 Å².